The lowest BCUT2D eigenvalue weighted by molar-refractivity contribution is -0.120. The van der Waals surface area contributed by atoms with E-state index in [1.807, 2.05) is 71.3 Å². The van der Waals surface area contributed by atoms with E-state index in [1.54, 1.807) is 18.5 Å². The predicted molar refractivity (Wildman–Crippen MR) is 159 cm³/mol. The van der Waals surface area contributed by atoms with Crippen molar-refractivity contribution in [3.05, 3.63) is 114 Å². The number of anilines is 1. The Bertz CT molecular complexity index is 1920. The van der Waals surface area contributed by atoms with E-state index in [1.165, 1.54) is 12.1 Å². The highest BCUT2D eigenvalue weighted by molar-refractivity contribution is 5.84. The van der Waals surface area contributed by atoms with Crippen LogP contribution in [0, 0.1) is 0 Å². The lowest BCUT2D eigenvalue weighted by Crippen LogP contribution is -2.24. The molecule has 4 N–H and O–H groups in total. The molecule has 206 valence electrons. The molecule has 0 aliphatic rings. The van der Waals surface area contributed by atoms with Gasteiger partial charge in [-0.15, -0.1) is 0 Å². The highest BCUT2D eigenvalue weighted by Gasteiger charge is 2.19. The van der Waals surface area contributed by atoms with E-state index in [2.05, 4.69) is 15.3 Å². The number of aromatic hydroxyl groups is 1. The van der Waals surface area contributed by atoms with Crippen molar-refractivity contribution in [2.24, 2.45) is 0 Å². The number of phenols is 1. The van der Waals surface area contributed by atoms with Crippen LogP contribution >= 0.6 is 0 Å². The number of carbonyl (C=O) groups is 2. The minimum Gasteiger partial charge on any atom is -0.507 e. The summed E-state index contributed by atoms with van der Waals surface area (Å²) in [4.78, 5) is 41.9. The normalized spacial score (nSPS) is 11.0. The largest absolute Gasteiger partial charge is 0.507 e. The number of rotatable bonds is 8. The zero-order chi connectivity index (χ0) is 29.1. The van der Waals surface area contributed by atoms with Crippen molar-refractivity contribution in [3.63, 3.8) is 0 Å². The Morgan fingerprint density at radius 3 is 2.43 bits per heavy atom. The minimum atomic E-state index is -0.210. The molecule has 4 heterocycles. The first kappa shape index (κ1) is 26.3. The first-order valence-electron chi connectivity index (χ1n) is 13.1. The number of phenolic OH excluding ortho intramolecular Hbond substituents is 1. The summed E-state index contributed by atoms with van der Waals surface area (Å²) >= 11 is 0. The molecule has 0 fully saturated rings. The Morgan fingerprint density at radius 1 is 0.881 bits per heavy atom. The standard InChI is InChI=1S/C32H25N7O3/c33-30-24(4-3-15-35-30)31-38-27-13-12-26(25-5-1-2-14-34-25)37-32(27)39(31)23-10-7-20(8-11-23)18-36-29(42)17-21-6-9-22(19-40)28(41)16-21/h1-16,19,41H,17-18H2,(H2,33,35)(H,36,42). The lowest BCUT2D eigenvalue weighted by Gasteiger charge is -2.12. The van der Waals surface area contributed by atoms with Crippen LogP contribution in [-0.2, 0) is 17.8 Å². The van der Waals surface area contributed by atoms with E-state index < -0.39 is 0 Å². The van der Waals surface area contributed by atoms with E-state index in [-0.39, 0.29) is 23.6 Å². The summed E-state index contributed by atoms with van der Waals surface area (Å²) in [6.07, 6.45) is 4.01. The van der Waals surface area contributed by atoms with Crippen molar-refractivity contribution >= 4 is 29.2 Å². The molecule has 42 heavy (non-hydrogen) atoms. The third-order valence-electron chi connectivity index (χ3n) is 6.78. The first-order valence-corrected chi connectivity index (χ1v) is 13.1. The van der Waals surface area contributed by atoms with Crippen molar-refractivity contribution in [2.75, 3.05) is 5.73 Å². The van der Waals surface area contributed by atoms with Crippen LogP contribution in [0.5, 0.6) is 5.75 Å². The van der Waals surface area contributed by atoms with Crippen LogP contribution < -0.4 is 11.1 Å². The van der Waals surface area contributed by atoms with Gasteiger partial charge in [0.05, 0.1) is 28.9 Å². The number of nitrogen functional groups attached to an aromatic ring is 1. The summed E-state index contributed by atoms with van der Waals surface area (Å²) in [5.74, 6) is 0.601. The molecule has 0 atom stereocenters. The SMILES string of the molecule is Nc1ncccc1-c1nc2ccc(-c3ccccn3)nc2n1-c1ccc(CNC(=O)Cc2ccc(C=O)c(O)c2)cc1. The highest BCUT2D eigenvalue weighted by Crippen LogP contribution is 2.31. The van der Waals surface area contributed by atoms with Gasteiger partial charge in [-0.05, 0) is 71.8 Å². The van der Waals surface area contributed by atoms with Crippen LogP contribution in [0.1, 0.15) is 21.5 Å². The summed E-state index contributed by atoms with van der Waals surface area (Å²) in [6.45, 7) is 0.312. The van der Waals surface area contributed by atoms with Crippen LogP contribution in [0.15, 0.2) is 97.3 Å². The number of amides is 1. The fourth-order valence-electron chi connectivity index (χ4n) is 4.66. The number of pyridine rings is 3. The molecule has 1 amide bonds. The van der Waals surface area contributed by atoms with Crippen molar-refractivity contribution in [2.45, 2.75) is 13.0 Å². The topological polar surface area (TPSA) is 149 Å². The van der Waals surface area contributed by atoms with E-state index in [0.29, 0.717) is 52.5 Å². The monoisotopic (exact) mass is 555 g/mol. The number of hydrogen-bond donors (Lipinski definition) is 3. The first-order chi connectivity index (χ1) is 20.5. The number of aromatic nitrogens is 5. The number of aldehydes is 1. The Kier molecular flexibility index (Phi) is 7.08. The van der Waals surface area contributed by atoms with Crippen molar-refractivity contribution in [1.82, 2.24) is 29.8 Å². The third kappa shape index (κ3) is 5.28. The van der Waals surface area contributed by atoms with Gasteiger partial charge < -0.3 is 16.2 Å². The molecule has 0 aliphatic carbocycles. The lowest BCUT2D eigenvalue weighted by atomic mass is 10.1. The average molecular weight is 556 g/mol. The van der Waals surface area contributed by atoms with Gasteiger partial charge in [0.15, 0.2) is 17.8 Å². The fourth-order valence-corrected chi connectivity index (χ4v) is 4.66. The molecule has 0 spiro atoms. The summed E-state index contributed by atoms with van der Waals surface area (Å²) < 4.78 is 1.94. The molecule has 4 aromatic heterocycles. The van der Waals surface area contributed by atoms with Gasteiger partial charge >= 0.3 is 0 Å². The van der Waals surface area contributed by atoms with E-state index in [0.717, 1.165) is 16.9 Å². The van der Waals surface area contributed by atoms with Gasteiger partial charge in [0.2, 0.25) is 5.91 Å². The number of benzene rings is 2. The smallest absolute Gasteiger partial charge is 0.224 e. The summed E-state index contributed by atoms with van der Waals surface area (Å²) in [6, 6.07) is 25.4. The van der Waals surface area contributed by atoms with Crippen LogP contribution in [0.25, 0.3) is 39.6 Å². The number of nitrogens with one attached hydrogen (secondary N) is 1. The maximum atomic E-state index is 12.5. The van der Waals surface area contributed by atoms with Crippen LogP contribution in [0.4, 0.5) is 5.82 Å². The number of carbonyl (C=O) groups excluding carboxylic acids is 2. The zero-order valence-corrected chi connectivity index (χ0v) is 22.3. The Morgan fingerprint density at radius 2 is 1.69 bits per heavy atom. The molecule has 6 aromatic rings. The molecule has 6 rings (SSSR count). The molecular weight excluding hydrogens is 530 g/mol. The van der Waals surface area contributed by atoms with Gasteiger partial charge in [-0.3, -0.25) is 19.1 Å². The van der Waals surface area contributed by atoms with Crippen LogP contribution in [0.2, 0.25) is 0 Å². The molecule has 0 unspecified atom stereocenters. The Balaban J connectivity index is 1.29. The molecule has 0 saturated carbocycles. The van der Waals surface area contributed by atoms with Gasteiger partial charge in [-0.1, -0.05) is 24.3 Å². The molecule has 10 heteroatoms. The van der Waals surface area contributed by atoms with Gasteiger partial charge in [-0.25, -0.2) is 15.0 Å². The van der Waals surface area contributed by atoms with E-state index in [4.69, 9.17) is 15.7 Å². The Labute approximate surface area is 240 Å². The second-order valence-electron chi connectivity index (χ2n) is 9.59. The van der Waals surface area contributed by atoms with Crippen LogP contribution in [0.3, 0.4) is 0 Å². The third-order valence-corrected chi connectivity index (χ3v) is 6.78. The van der Waals surface area contributed by atoms with Crippen molar-refractivity contribution in [3.8, 4) is 34.2 Å². The second-order valence-corrected chi connectivity index (χ2v) is 9.59. The molecule has 0 radical (unpaired) electrons. The van der Waals surface area contributed by atoms with Gasteiger partial charge in [0.1, 0.15) is 17.1 Å². The number of nitrogens with two attached hydrogens (primary N) is 1. The quantitative estimate of drug-likeness (QED) is 0.232. The maximum absolute atomic E-state index is 12.5. The van der Waals surface area contributed by atoms with E-state index in [9.17, 15) is 14.7 Å². The Hall–Kier alpha value is -5.90. The van der Waals surface area contributed by atoms with Gasteiger partial charge in [0, 0.05) is 24.6 Å². The molecular formula is C32H25N7O3. The summed E-state index contributed by atoms with van der Waals surface area (Å²) in [5.41, 5.74) is 12.2. The van der Waals surface area contributed by atoms with Crippen LogP contribution in [-0.4, -0.2) is 41.8 Å². The van der Waals surface area contributed by atoms with Gasteiger partial charge in [-0.2, -0.15) is 0 Å². The molecule has 0 aliphatic heterocycles. The molecule has 10 nitrogen and oxygen atoms in total. The number of fused-ring (bicyclic) bond motifs is 1. The second kappa shape index (κ2) is 11.3. The molecule has 0 saturated heterocycles. The van der Waals surface area contributed by atoms with Gasteiger partial charge in [0.25, 0.3) is 0 Å². The highest BCUT2D eigenvalue weighted by atomic mass is 16.3. The predicted octanol–water partition coefficient (Wildman–Crippen LogP) is 4.50. The van der Waals surface area contributed by atoms with Crippen molar-refractivity contribution < 1.29 is 14.7 Å². The average Bonchev–Trinajstić information content (AvgIpc) is 3.39. The van der Waals surface area contributed by atoms with E-state index >= 15 is 0 Å². The van der Waals surface area contributed by atoms with Crippen molar-refractivity contribution in [1.29, 1.82) is 0 Å². The zero-order valence-electron chi connectivity index (χ0n) is 22.3. The molecule has 0 bridgehead atoms. The minimum absolute atomic E-state index is 0.0754. The fraction of sp³-hybridized carbons (Fsp3) is 0.0625. The number of nitrogens with zero attached hydrogens (tertiary/aromatic N) is 5. The summed E-state index contributed by atoms with van der Waals surface area (Å²) in [7, 11) is 0. The maximum Gasteiger partial charge on any atom is 0.224 e. The molecule has 2 aromatic carbocycles. The summed E-state index contributed by atoms with van der Waals surface area (Å²) in [5, 5.41) is 12.8. The number of imidazole rings is 1. The number of hydrogen-bond acceptors (Lipinski definition) is 8.